The molecule has 1 unspecified atom stereocenters. The number of aliphatic carboxylic acids is 1. The van der Waals surface area contributed by atoms with Crippen LogP contribution < -0.4 is 4.72 Å². The summed E-state index contributed by atoms with van der Waals surface area (Å²) in [4.78, 5) is 10.7. The molecule has 0 saturated heterocycles. The Bertz CT molecular complexity index is 544. The molecule has 1 rings (SSSR count). The van der Waals surface area contributed by atoms with E-state index in [1.165, 1.54) is 0 Å². The first-order valence-corrected chi connectivity index (χ1v) is 7.58. The third-order valence-electron chi connectivity index (χ3n) is 2.53. The Balaban J connectivity index is 2.92. The Morgan fingerprint density at radius 3 is 2.39 bits per heavy atom. The summed E-state index contributed by atoms with van der Waals surface area (Å²) in [6.45, 7) is 2.80. The molecule has 2 atom stereocenters. The topological polar surface area (TPSA) is 83.5 Å². The van der Waals surface area contributed by atoms with Crippen LogP contribution in [-0.2, 0) is 14.8 Å². The van der Waals surface area contributed by atoms with Crippen LogP contribution >= 0.6 is 15.9 Å². The van der Waals surface area contributed by atoms with Crippen LogP contribution in [-0.4, -0.2) is 24.7 Å². The Morgan fingerprint density at radius 1 is 1.33 bits per heavy atom. The molecule has 1 aromatic carbocycles. The smallest absolute Gasteiger partial charge is 0.323 e. The van der Waals surface area contributed by atoms with E-state index in [0.29, 0.717) is 0 Å². The number of rotatable bonds is 5. The van der Waals surface area contributed by atoms with Crippen LogP contribution in [0.15, 0.2) is 28.7 Å². The summed E-state index contributed by atoms with van der Waals surface area (Å²) in [6, 6.07) is 6.65. The second kappa shape index (κ2) is 5.81. The van der Waals surface area contributed by atoms with Gasteiger partial charge in [0.15, 0.2) is 5.25 Å². The highest BCUT2D eigenvalue weighted by Gasteiger charge is 2.29. The standard InChI is InChI=1S/C11H14BrNO4S/c1-7(9-5-3-4-6-10(9)12)13-18(16,17)8(2)11(14)15/h3-8,13H,1-2H3,(H,14,15)/t7-,8?/m0/s1. The molecule has 2 N–H and O–H groups in total. The van der Waals surface area contributed by atoms with Gasteiger partial charge >= 0.3 is 5.97 Å². The fourth-order valence-corrected chi connectivity index (χ4v) is 3.09. The average molecular weight is 336 g/mol. The van der Waals surface area contributed by atoms with Gasteiger partial charge in [0.25, 0.3) is 0 Å². The van der Waals surface area contributed by atoms with Crippen molar-refractivity contribution in [3.8, 4) is 0 Å². The molecule has 0 spiro atoms. The minimum absolute atomic E-state index is 0.507. The molecular formula is C11H14BrNO4S. The van der Waals surface area contributed by atoms with E-state index < -0.39 is 27.3 Å². The van der Waals surface area contributed by atoms with Crippen molar-refractivity contribution in [1.29, 1.82) is 0 Å². The summed E-state index contributed by atoms with van der Waals surface area (Å²) in [5.41, 5.74) is 0.749. The van der Waals surface area contributed by atoms with Gasteiger partial charge in [-0.2, -0.15) is 0 Å². The monoisotopic (exact) mass is 335 g/mol. The van der Waals surface area contributed by atoms with Crippen molar-refractivity contribution < 1.29 is 18.3 Å². The normalized spacial score (nSPS) is 15.1. The maximum Gasteiger partial charge on any atom is 0.323 e. The van der Waals surface area contributed by atoms with Gasteiger partial charge in [0.2, 0.25) is 10.0 Å². The third-order valence-corrected chi connectivity index (χ3v) is 5.06. The molecule has 18 heavy (non-hydrogen) atoms. The van der Waals surface area contributed by atoms with Gasteiger partial charge in [-0.15, -0.1) is 0 Å². The first-order valence-electron chi connectivity index (χ1n) is 5.24. The zero-order chi connectivity index (χ0) is 13.9. The Labute approximate surface area is 114 Å². The van der Waals surface area contributed by atoms with Crippen molar-refractivity contribution in [2.75, 3.05) is 0 Å². The molecule has 0 fully saturated rings. The molecule has 0 radical (unpaired) electrons. The number of halogens is 1. The second-order valence-corrected chi connectivity index (χ2v) is 6.77. The number of nitrogens with one attached hydrogen (secondary N) is 1. The number of benzene rings is 1. The van der Waals surface area contributed by atoms with Crippen LogP contribution in [0.2, 0.25) is 0 Å². The largest absolute Gasteiger partial charge is 0.480 e. The number of carboxylic acids is 1. The van der Waals surface area contributed by atoms with Crippen molar-refractivity contribution in [3.63, 3.8) is 0 Å². The van der Waals surface area contributed by atoms with Gasteiger partial charge < -0.3 is 5.11 Å². The second-order valence-electron chi connectivity index (χ2n) is 3.89. The molecule has 0 aliphatic heterocycles. The van der Waals surface area contributed by atoms with Gasteiger partial charge in [0, 0.05) is 10.5 Å². The lowest BCUT2D eigenvalue weighted by molar-refractivity contribution is -0.136. The van der Waals surface area contributed by atoms with Crippen LogP contribution in [0.1, 0.15) is 25.5 Å². The molecule has 0 saturated carbocycles. The van der Waals surface area contributed by atoms with Crippen LogP contribution in [0.5, 0.6) is 0 Å². The Morgan fingerprint density at radius 2 is 1.89 bits per heavy atom. The zero-order valence-electron chi connectivity index (χ0n) is 9.92. The molecule has 0 aliphatic carbocycles. The van der Waals surface area contributed by atoms with Crippen LogP contribution in [0.25, 0.3) is 0 Å². The van der Waals surface area contributed by atoms with Crippen LogP contribution in [0.4, 0.5) is 0 Å². The van der Waals surface area contributed by atoms with E-state index in [9.17, 15) is 13.2 Å². The molecule has 100 valence electrons. The summed E-state index contributed by atoms with van der Waals surface area (Å²) in [7, 11) is -3.89. The molecule has 0 heterocycles. The predicted molar refractivity (Wildman–Crippen MR) is 71.7 cm³/mol. The van der Waals surface area contributed by atoms with Crippen molar-refractivity contribution >= 4 is 31.9 Å². The highest BCUT2D eigenvalue weighted by Crippen LogP contribution is 2.23. The quantitative estimate of drug-likeness (QED) is 0.860. The number of carbonyl (C=O) groups is 1. The first kappa shape index (κ1) is 15.1. The number of carboxylic acid groups (broad SMARTS) is 1. The maximum atomic E-state index is 11.8. The fourth-order valence-electron chi connectivity index (χ4n) is 1.37. The third kappa shape index (κ3) is 3.54. The highest BCUT2D eigenvalue weighted by molar-refractivity contribution is 9.10. The molecule has 7 heteroatoms. The van der Waals surface area contributed by atoms with Crippen molar-refractivity contribution in [2.45, 2.75) is 25.1 Å². The van der Waals surface area contributed by atoms with Gasteiger partial charge in [-0.25, -0.2) is 13.1 Å². The molecule has 0 aliphatic rings. The van der Waals surface area contributed by atoms with Gasteiger partial charge in [-0.05, 0) is 25.5 Å². The van der Waals surface area contributed by atoms with Crippen molar-refractivity contribution in [1.82, 2.24) is 4.72 Å². The lowest BCUT2D eigenvalue weighted by Gasteiger charge is -2.17. The summed E-state index contributed by atoms with van der Waals surface area (Å²) >= 11 is 3.32. The number of sulfonamides is 1. The van der Waals surface area contributed by atoms with Crippen LogP contribution in [0.3, 0.4) is 0 Å². The lowest BCUT2D eigenvalue weighted by atomic mass is 10.1. The molecular weight excluding hydrogens is 322 g/mol. The predicted octanol–water partition coefficient (Wildman–Crippen LogP) is 1.90. The molecule has 1 aromatic rings. The minimum Gasteiger partial charge on any atom is -0.480 e. The van der Waals surface area contributed by atoms with E-state index in [1.807, 2.05) is 6.07 Å². The summed E-state index contributed by atoms with van der Waals surface area (Å²) in [6.07, 6.45) is 0. The molecule has 0 aromatic heterocycles. The van der Waals surface area contributed by atoms with E-state index >= 15 is 0 Å². The van der Waals surface area contributed by atoms with Gasteiger partial charge in [0.05, 0.1) is 0 Å². The fraction of sp³-hybridized carbons (Fsp3) is 0.364. The number of hydrogen-bond acceptors (Lipinski definition) is 3. The molecule has 0 bridgehead atoms. The van der Waals surface area contributed by atoms with Crippen molar-refractivity contribution in [3.05, 3.63) is 34.3 Å². The minimum atomic E-state index is -3.89. The molecule has 0 amide bonds. The highest BCUT2D eigenvalue weighted by atomic mass is 79.9. The Hall–Kier alpha value is -0.920. The SMILES string of the molecule is CC(C(=O)O)S(=O)(=O)N[C@@H](C)c1ccccc1Br. The van der Waals surface area contributed by atoms with Gasteiger partial charge in [-0.1, -0.05) is 34.1 Å². The Kier molecular flexibility index (Phi) is 4.89. The summed E-state index contributed by atoms with van der Waals surface area (Å²) in [5, 5.41) is 7.24. The zero-order valence-corrected chi connectivity index (χ0v) is 12.3. The number of hydrogen-bond donors (Lipinski definition) is 2. The summed E-state index contributed by atoms with van der Waals surface area (Å²) in [5.74, 6) is -1.37. The average Bonchev–Trinajstić information content (AvgIpc) is 2.27. The van der Waals surface area contributed by atoms with Crippen molar-refractivity contribution in [2.24, 2.45) is 0 Å². The maximum absolute atomic E-state index is 11.8. The van der Waals surface area contributed by atoms with E-state index in [1.54, 1.807) is 25.1 Å². The van der Waals surface area contributed by atoms with Crippen LogP contribution in [0, 0.1) is 0 Å². The van der Waals surface area contributed by atoms with Gasteiger partial charge in [-0.3, -0.25) is 4.79 Å². The van der Waals surface area contributed by atoms with E-state index in [2.05, 4.69) is 20.7 Å². The van der Waals surface area contributed by atoms with Gasteiger partial charge in [0.1, 0.15) is 0 Å². The summed E-state index contributed by atoms with van der Waals surface area (Å²) < 4.78 is 26.6. The first-order chi connectivity index (χ1) is 8.25. The lowest BCUT2D eigenvalue weighted by Crippen LogP contribution is -2.38. The molecule has 5 nitrogen and oxygen atoms in total. The van der Waals surface area contributed by atoms with E-state index in [-0.39, 0.29) is 0 Å². The van der Waals surface area contributed by atoms with E-state index in [0.717, 1.165) is 17.0 Å². The van der Waals surface area contributed by atoms with E-state index in [4.69, 9.17) is 5.11 Å².